The molecule has 0 saturated carbocycles. The fourth-order valence-electron chi connectivity index (χ4n) is 2.15. The molecule has 6 heteroatoms. The van der Waals surface area contributed by atoms with Crippen LogP contribution >= 0.6 is 0 Å². The molecule has 0 bridgehead atoms. The standard InChI is InChI=1S/C14H19NO5/c1-8-12(16)11(15)13(17)10(20-8)7-19-14(18)9-5-3-2-4-6-9/h2-6,8,10-13,16-17H,7,15H2,1H3/t8-,10+,11+,12-,13+/m0/s1. The van der Waals surface area contributed by atoms with Gasteiger partial charge in [0.25, 0.3) is 0 Å². The van der Waals surface area contributed by atoms with Crippen LogP contribution in [0.2, 0.25) is 0 Å². The van der Waals surface area contributed by atoms with Crippen LogP contribution in [0.1, 0.15) is 17.3 Å². The van der Waals surface area contributed by atoms with E-state index in [0.717, 1.165) is 0 Å². The molecule has 4 N–H and O–H groups in total. The van der Waals surface area contributed by atoms with Crippen LogP contribution < -0.4 is 5.73 Å². The number of ether oxygens (including phenoxy) is 2. The van der Waals surface area contributed by atoms with E-state index in [2.05, 4.69) is 0 Å². The molecule has 0 radical (unpaired) electrons. The number of carbonyl (C=O) groups excluding carboxylic acids is 1. The molecule has 5 atom stereocenters. The summed E-state index contributed by atoms with van der Waals surface area (Å²) >= 11 is 0. The number of esters is 1. The van der Waals surface area contributed by atoms with Gasteiger partial charge in [0.2, 0.25) is 0 Å². The Labute approximate surface area is 117 Å². The normalized spacial score (nSPS) is 33.7. The molecular formula is C14H19NO5. The topological polar surface area (TPSA) is 102 Å². The van der Waals surface area contributed by atoms with Gasteiger partial charge in [-0.25, -0.2) is 4.79 Å². The first-order valence-electron chi connectivity index (χ1n) is 6.50. The van der Waals surface area contributed by atoms with Crippen molar-refractivity contribution in [1.82, 2.24) is 0 Å². The molecule has 20 heavy (non-hydrogen) atoms. The van der Waals surface area contributed by atoms with Crippen molar-refractivity contribution >= 4 is 5.97 Å². The third-order valence-corrected chi connectivity index (χ3v) is 3.43. The summed E-state index contributed by atoms with van der Waals surface area (Å²) in [6, 6.07) is 7.72. The number of benzene rings is 1. The van der Waals surface area contributed by atoms with E-state index >= 15 is 0 Å². The third kappa shape index (κ3) is 3.16. The Hall–Kier alpha value is -1.47. The molecule has 1 aliphatic heterocycles. The Bertz CT molecular complexity index is 452. The zero-order chi connectivity index (χ0) is 14.7. The molecule has 0 aliphatic carbocycles. The van der Waals surface area contributed by atoms with Gasteiger partial charge in [0.15, 0.2) is 0 Å². The van der Waals surface area contributed by atoms with Crippen LogP contribution in [0.4, 0.5) is 0 Å². The van der Waals surface area contributed by atoms with E-state index in [1.165, 1.54) is 0 Å². The number of carbonyl (C=O) groups is 1. The first kappa shape index (κ1) is 14.9. The van der Waals surface area contributed by atoms with Gasteiger partial charge in [-0.2, -0.15) is 0 Å². The van der Waals surface area contributed by atoms with E-state index in [0.29, 0.717) is 5.56 Å². The van der Waals surface area contributed by atoms with Gasteiger partial charge < -0.3 is 25.4 Å². The number of aliphatic hydroxyl groups is 2. The molecule has 6 nitrogen and oxygen atoms in total. The second-order valence-corrected chi connectivity index (χ2v) is 4.90. The molecule has 1 heterocycles. The minimum atomic E-state index is -1.08. The third-order valence-electron chi connectivity index (χ3n) is 3.43. The summed E-state index contributed by atoms with van der Waals surface area (Å²) in [6.07, 6.45) is -3.28. The number of aliphatic hydroxyl groups excluding tert-OH is 2. The summed E-state index contributed by atoms with van der Waals surface area (Å²) in [6.45, 7) is 1.54. The fraction of sp³-hybridized carbons (Fsp3) is 0.500. The van der Waals surface area contributed by atoms with E-state index in [4.69, 9.17) is 15.2 Å². The van der Waals surface area contributed by atoms with Crippen LogP contribution in [-0.4, -0.2) is 53.2 Å². The molecule has 1 aromatic rings. The zero-order valence-corrected chi connectivity index (χ0v) is 11.2. The van der Waals surface area contributed by atoms with Crippen molar-refractivity contribution in [1.29, 1.82) is 0 Å². The monoisotopic (exact) mass is 281 g/mol. The molecule has 110 valence electrons. The number of nitrogens with two attached hydrogens (primary N) is 1. The van der Waals surface area contributed by atoms with Gasteiger partial charge in [0.05, 0.1) is 23.8 Å². The predicted molar refractivity (Wildman–Crippen MR) is 71.0 cm³/mol. The van der Waals surface area contributed by atoms with Crippen molar-refractivity contribution in [2.45, 2.75) is 37.4 Å². The van der Waals surface area contributed by atoms with Crippen molar-refractivity contribution in [3.63, 3.8) is 0 Å². The molecule has 2 rings (SSSR count). The van der Waals surface area contributed by atoms with Crippen LogP contribution in [0, 0.1) is 0 Å². The van der Waals surface area contributed by atoms with Gasteiger partial charge in [0, 0.05) is 0 Å². The minimum Gasteiger partial charge on any atom is -0.459 e. The largest absolute Gasteiger partial charge is 0.459 e. The average Bonchev–Trinajstić information content (AvgIpc) is 2.48. The van der Waals surface area contributed by atoms with Crippen LogP contribution in [0.3, 0.4) is 0 Å². The lowest BCUT2D eigenvalue weighted by molar-refractivity contribution is -0.182. The Kier molecular flexibility index (Phi) is 4.72. The van der Waals surface area contributed by atoms with E-state index in [1.807, 2.05) is 0 Å². The maximum Gasteiger partial charge on any atom is 0.338 e. The number of hydrogen-bond donors (Lipinski definition) is 3. The van der Waals surface area contributed by atoms with E-state index in [9.17, 15) is 15.0 Å². The van der Waals surface area contributed by atoms with Crippen LogP contribution in [0.25, 0.3) is 0 Å². The second-order valence-electron chi connectivity index (χ2n) is 4.90. The maximum absolute atomic E-state index is 11.8. The smallest absolute Gasteiger partial charge is 0.338 e. The highest BCUT2D eigenvalue weighted by Gasteiger charge is 2.41. The van der Waals surface area contributed by atoms with E-state index < -0.39 is 36.4 Å². The van der Waals surface area contributed by atoms with Gasteiger partial charge >= 0.3 is 5.97 Å². The fourth-order valence-corrected chi connectivity index (χ4v) is 2.15. The molecule has 0 spiro atoms. The van der Waals surface area contributed by atoms with Gasteiger partial charge in [-0.1, -0.05) is 18.2 Å². The predicted octanol–water partition coefficient (Wildman–Crippen LogP) is -0.320. The second kappa shape index (κ2) is 6.32. The molecule has 1 aliphatic rings. The number of hydrogen-bond acceptors (Lipinski definition) is 6. The Morgan fingerprint density at radius 1 is 1.30 bits per heavy atom. The van der Waals surface area contributed by atoms with Crippen molar-refractivity contribution in [2.75, 3.05) is 6.61 Å². The molecular weight excluding hydrogens is 262 g/mol. The van der Waals surface area contributed by atoms with Gasteiger partial charge in [-0.05, 0) is 19.1 Å². The Balaban J connectivity index is 1.92. The van der Waals surface area contributed by atoms with Crippen LogP contribution in [0.5, 0.6) is 0 Å². The molecule has 0 aromatic heterocycles. The summed E-state index contributed by atoms with van der Waals surface area (Å²) < 4.78 is 10.5. The summed E-state index contributed by atoms with van der Waals surface area (Å²) in [4.78, 5) is 11.8. The molecule has 0 unspecified atom stereocenters. The van der Waals surface area contributed by atoms with Crippen molar-refractivity contribution in [3.8, 4) is 0 Å². The summed E-state index contributed by atoms with van der Waals surface area (Å²) in [7, 11) is 0. The van der Waals surface area contributed by atoms with Gasteiger partial charge in [0.1, 0.15) is 18.8 Å². The lowest BCUT2D eigenvalue weighted by Gasteiger charge is -2.39. The quantitative estimate of drug-likeness (QED) is 0.656. The Morgan fingerprint density at radius 2 is 1.95 bits per heavy atom. The summed E-state index contributed by atoms with van der Waals surface area (Å²) in [5.41, 5.74) is 6.13. The highest BCUT2D eigenvalue weighted by atomic mass is 16.6. The lowest BCUT2D eigenvalue weighted by atomic mass is 9.94. The van der Waals surface area contributed by atoms with E-state index in [1.54, 1.807) is 37.3 Å². The lowest BCUT2D eigenvalue weighted by Crippen LogP contribution is -2.61. The van der Waals surface area contributed by atoms with Crippen molar-refractivity contribution < 1.29 is 24.5 Å². The van der Waals surface area contributed by atoms with Gasteiger partial charge in [-0.3, -0.25) is 0 Å². The number of rotatable bonds is 3. The SMILES string of the molecule is C[C@@H]1O[C@H](COC(=O)c2ccccc2)[C@@H](O)[C@H](N)[C@H]1O. The first-order valence-corrected chi connectivity index (χ1v) is 6.50. The van der Waals surface area contributed by atoms with E-state index in [-0.39, 0.29) is 6.61 Å². The molecule has 1 saturated heterocycles. The molecule has 1 fully saturated rings. The highest BCUT2D eigenvalue weighted by Crippen LogP contribution is 2.20. The average molecular weight is 281 g/mol. The maximum atomic E-state index is 11.8. The highest BCUT2D eigenvalue weighted by molar-refractivity contribution is 5.89. The van der Waals surface area contributed by atoms with Crippen LogP contribution in [0.15, 0.2) is 30.3 Å². The molecule has 0 amide bonds. The summed E-state index contributed by atoms with van der Waals surface area (Å²) in [5.74, 6) is -0.492. The summed E-state index contributed by atoms with van der Waals surface area (Å²) in [5, 5.41) is 19.6. The minimum absolute atomic E-state index is 0.111. The first-order chi connectivity index (χ1) is 9.50. The van der Waals surface area contributed by atoms with Crippen molar-refractivity contribution in [3.05, 3.63) is 35.9 Å². The van der Waals surface area contributed by atoms with Crippen LogP contribution in [-0.2, 0) is 9.47 Å². The molecule has 1 aromatic carbocycles. The van der Waals surface area contributed by atoms with Gasteiger partial charge in [-0.15, -0.1) is 0 Å². The Morgan fingerprint density at radius 3 is 2.60 bits per heavy atom. The van der Waals surface area contributed by atoms with Crippen molar-refractivity contribution in [2.24, 2.45) is 5.73 Å². The zero-order valence-electron chi connectivity index (χ0n) is 11.2.